The van der Waals surface area contributed by atoms with E-state index in [0.29, 0.717) is 17.0 Å². The second kappa shape index (κ2) is 7.93. The van der Waals surface area contributed by atoms with Crippen LogP contribution in [0.4, 0.5) is 11.5 Å². The molecular formula is C20H18N4O5. The van der Waals surface area contributed by atoms with Gasteiger partial charge in [0.1, 0.15) is 0 Å². The number of anilines is 1. The molecule has 9 heteroatoms. The first-order chi connectivity index (χ1) is 13.9. The van der Waals surface area contributed by atoms with Gasteiger partial charge in [0.25, 0.3) is 0 Å². The smallest absolute Gasteiger partial charge is 0.340 e. The molecule has 0 aliphatic heterocycles. The number of pyridine rings is 1. The van der Waals surface area contributed by atoms with E-state index in [-0.39, 0.29) is 28.4 Å². The van der Waals surface area contributed by atoms with Crippen LogP contribution in [0.3, 0.4) is 0 Å². The number of nitro groups is 1. The van der Waals surface area contributed by atoms with E-state index in [1.54, 1.807) is 44.2 Å². The molecule has 9 nitrogen and oxygen atoms in total. The third-order valence-electron chi connectivity index (χ3n) is 4.50. The molecule has 0 radical (unpaired) electrons. The van der Waals surface area contributed by atoms with Crippen molar-refractivity contribution in [2.24, 2.45) is 0 Å². The summed E-state index contributed by atoms with van der Waals surface area (Å²) in [5.41, 5.74) is 4.02. The maximum absolute atomic E-state index is 13.1. The molecule has 148 valence electrons. The van der Waals surface area contributed by atoms with Crippen molar-refractivity contribution >= 4 is 23.3 Å². The largest absolute Gasteiger partial charge is 0.465 e. The van der Waals surface area contributed by atoms with Gasteiger partial charge in [0.05, 0.1) is 28.9 Å². The average molecular weight is 394 g/mol. The van der Waals surface area contributed by atoms with Gasteiger partial charge in [-0.25, -0.2) is 9.78 Å². The van der Waals surface area contributed by atoms with Gasteiger partial charge in [0.2, 0.25) is 5.82 Å². The standard InChI is InChI=1S/C20H18N4O5/c1-12-16(18(25)14-8-5-4-6-9-14)17(20(26)29-3)13(2)23(12)22-19-15(24(27)28)10-7-11-21-19/h4-11H,1-3H3,(H,21,22). The maximum atomic E-state index is 13.1. The molecule has 0 bridgehead atoms. The van der Waals surface area contributed by atoms with E-state index < -0.39 is 10.9 Å². The molecule has 0 atom stereocenters. The fraction of sp³-hybridized carbons (Fsp3) is 0.150. The van der Waals surface area contributed by atoms with Gasteiger partial charge in [0, 0.05) is 23.5 Å². The number of nitrogens with zero attached hydrogens (tertiary/aromatic N) is 3. The predicted octanol–water partition coefficient (Wildman–Crippen LogP) is 3.30. The fourth-order valence-corrected chi connectivity index (χ4v) is 3.10. The number of ketones is 1. The van der Waals surface area contributed by atoms with Crippen LogP contribution in [-0.2, 0) is 4.74 Å². The van der Waals surface area contributed by atoms with E-state index in [2.05, 4.69) is 10.4 Å². The number of ether oxygens (including phenoxy) is 1. The van der Waals surface area contributed by atoms with Gasteiger partial charge in [-0.1, -0.05) is 30.3 Å². The van der Waals surface area contributed by atoms with Crippen molar-refractivity contribution in [2.75, 3.05) is 12.5 Å². The second-order valence-corrected chi connectivity index (χ2v) is 6.18. The van der Waals surface area contributed by atoms with E-state index in [1.807, 2.05) is 0 Å². The second-order valence-electron chi connectivity index (χ2n) is 6.18. The van der Waals surface area contributed by atoms with Crippen LogP contribution < -0.4 is 5.43 Å². The van der Waals surface area contributed by atoms with Crippen LogP contribution in [0.15, 0.2) is 48.7 Å². The highest BCUT2D eigenvalue weighted by atomic mass is 16.6. The molecule has 1 N–H and O–H groups in total. The van der Waals surface area contributed by atoms with Crippen molar-refractivity contribution in [3.63, 3.8) is 0 Å². The first kappa shape index (κ1) is 19.7. The number of methoxy groups -OCH3 is 1. The zero-order valence-electron chi connectivity index (χ0n) is 16.0. The van der Waals surface area contributed by atoms with Gasteiger partial charge in [-0.2, -0.15) is 0 Å². The van der Waals surface area contributed by atoms with E-state index in [9.17, 15) is 19.7 Å². The average Bonchev–Trinajstić information content (AvgIpc) is 2.98. The monoisotopic (exact) mass is 394 g/mol. The summed E-state index contributed by atoms with van der Waals surface area (Å²) in [7, 11) is 1.22. The lowest BCUT2D eigenvalue weighted by atomic mass is 9.99. The Kier molecular flexibility index (Phi) is 5.40. The Morgan fingerprint density at radius 2 is 1.72 bits per heavy atom. The molecule has 0 spiro atoms. The number of hydrogen-bond acceptors (Lipinski definition) is 7. The highest BCUT2D eigenvalue weighted by Crippen LogP contribution is 2.28. The molecular weight excluding hydrogens is 376 g/mol. The number of esters is 1. The molecule has 0 fully saturated rings. The molecule has 0 saturated heterocycles. The minimum Gasteiger partial charge on any atom is -0.465 e. The first-order valence-corrected chi connectivity index (χ1v) is 8.63. The summed E-state index contributed by atoms with van der Waals surface area (Å²) in [6.45, 7) is 3.25. The Balaban J connectivity index is 2.18. The molecule has 3 rings (SSSR count). The van der Waals surface area contributed by atoms with E-state index in [4.69, 9.17) is 4.74 Å². The topological polar surface area (TPSA) is 116 Å². The summed E-state index contributed by atoms with van der Waals surface area (Å²) >= 11 is 0. The SMILES string of the molecule is COC(=O)c1c(C(=O)c2ccccc2)c(C)n(Nc2ncccc2[N+](=O)[O-])c1C. The fourth-order valence-electron chi connectivity index (χ4n) is 3.10. The number of nitrogens with one attached hydrogen (secondary N) is 1. The summed E-state index contributed by atoms with van der Waals surface area (Å²) in [5.74, 6) is -1.06. The van der Waals surface area contributed by atoms with Crippen molar-refractivity contribution in [1.82, 2.24) is 9.66 Å². The Labute approximate surface area is 166 Å². The zero-order chi connectivity index (χ0) is 21.1. The summed E-state index contributed by atoms with van der Waals surface area (Å²) in [6.07, 6.45) is 1.40. The number of aromatic nitrogens is 2. The third kappa shape index (κ3) is 3.57. The van der Waals surface area contributed by atoms with Crippen molar-refractivity contribution in [3.05, 3.63) is 86.9 Å². The van der Waals surface area contributed by atoms with E-state index in [1.165, 1.54) is 30.1 Å². The lowest BCUT2D eigenvalue weighted by molar-refractivity contribution is -0.384. The first-order valence-electron chi connectivity index (χ1n) is 8.63. The molecule has 2 heterocycles. The highest BCUT2D eigenvalue weighted by Gasteiger charge is 2.29. The lowest BCUT2D eigenvalue weighted by Gasteiger charge is -2.12. The van der Waals surface area contributed by atoms with Gasteiger partial charge in [-0.3, -0.25) is 25.0 Å². The molecule has 0 saturated carbocycles. The Morgan fingerprint density at radius 1 is 1.07 bits per heavy atom. The third-order valence-corrected chi connectivity index (χ3v) is 4.50. The van der Waals surface area contributed by atoms with Crippen LogP contribution in [-0.4, -0.2) is 33.4 Å². The van der Waals surface area contributed by atoms with Crippen LogP contribution in [0, 0.1) is 24.0 Å². The van der Waals surface area contributed by atoms with Gasteiger partial charge in [-0.15, -0.1) is 0 Å². The molecule has 3 aromatic rings. The number of carbonyl (C=O) groups excluding carboxylic acids is 2. The molecule has 0 amide bonds. The van der Waals surface area contributed by atoms with Gasteiger partial charge in [0.15, 0.2) is 5.78 Å². The van der Waals surface area contributed by atoms with Gasteiger partial charge in [-0.05, 0) is 19.9 Å². The molecule has 0 aliphatic carbocycles. The van der Waals surface area contributed by atoms with Crippen LogP contribution in [0.5, 0.6) is 0 Å². The molecule has 0 aliphatic rings. The Bertz CT molecular complexity index is 1110. The molecule has 1 aromatic carbocycles. The van der Waals surface area contributed by atoms with Crippen LogP contribution in [0.2, 0.25) is 0 Å². The van der Waals surface area contributed by atoms with Crippen molar-refractivity contribution < 1.29 is 19.2 Å². The zero-order valence-corrected chi connectivity index (χ0v) is 16.0. The van der Waals surface area contributed by atoms with Crippen LogP contribution >= 0.6 is 0 Å². The normalized spacial score (nSPS) is 10.4. The van der Waals surface area contributed by atoms with E-state index in [0.717, 1.165) is 0 Å². The van der Waals surface area contributed by atoms with Crippen molar-refractivity contribution in [3.8, 4) is 0 Å². The Morgan fingerprint density at radius 3 is 2.34 bits per heavy atom. The molecule has 0 unspecified atom stereocenters. The Hall–Kier alpha value is -4.01. The minimum absolute atomic E-state index is 0.0196. The van der Waals surface area contributed by atoms with Gasteiger partial charge >= 0.3 is 11.7 Å². The lowest BCUT2D eigenvalue weighted by Crippen LogP contribution is -2.16. The number of benzene rings is 1. The summed E-state index contributed by atoms with van der Waals surface area (Å²) in [6, 6.07) is 11.3. The highest BCUT2D eigenvalue weighted by molar-refractivity contribution is 6.16. The van der Waals surface area contributed by atoms with E-state index >= 15 is 0 Å². The molecule has 2 aromatic heterocycles. The number of carbonyl (C=O) groups is 2. The number of hydrogen-bond donors (Lipinski definition) is 1. The summed E-state index contributed by atoms with van der Waals surface area (Å²) in [5, 5.41) is 11.3. The predicted molar refractivity (Wildman–Crippen MR) is 105 cm³/mol. The summed E-state index contributed by atoms with van der Waals surface area (Å²) < 4.78 is 6.30. The number of rotatable bonds is 6. The van der Waals surface area contributed by atoms with Crippen LogP contribution in [0.1, 0.15) is 37.7 Å². The van der Waals surface area contributed by atoms with Gasteiger partial charge < -0.3 is 4.74 Å². The minimum atomic E-state index is -0.680. The quantitative estimate of drug-likeness (QED) is 0.295. The van der Waals surface area contributed by atoms with Crippen molar-refractivity contribution in [1.29, 1.82) is 0 Å². The summed E-state index contributed by atoms with van der Waals surface area (Å²) in [4.78, 5) is 40.3. The maximum Gasteiger partial charge on any atom is 0.340 e. The van der Waals surface area contributed by atoms with Crippen molar-refractivity contribution in [2.45, 2.75) is 13.8 Å². The van der Waals surface area contributed by atoms with Crippen LogP contribution in [0.25, 0.3) is 0 Å². The molecule has 29 heavy (non-hydrogen) atoms.